The highest BCUT2D eigenvalue weighted by molar-refractivity contribution is 5.26. The summed E-state index contributed by atoms with van der Waals surface area (Å²) in [5.41, 5.74) is 7.98. The van der Waals surface area contributed by atoms with Gasteiger partial charge in [0, 0.05) is 6.04 Å². The van der Waals surface area contributed by atoms with E-state index in [1.807, 2.05) is 0 Å². The first-order valence-electron chi connectivity index (χ1n) is 7.17. The molecule has 3 atom stereocenters. The Bertz CT molecular complexity index is 353. The molecule has 0 radical (unpaired) electrons. The maximum Gasteiger partial charge on any atom is 0.0102 e. The monoisotopic (exact) mass is 229 g/mol. The largest absolute Gasteiger partial charge is 0.327 e. The summed E-state index contributed by atoms with van der Waals surface area (Å²) in [6, 6.07) is 11.4. The maximum atomic E-state index is 6.48. The molecule has 2 fully saturated rings. The summed E-state index contributed by atoms with van der Waals surface area (Å²) in [6.07, 6.45) is 8.30. The van der Waals surface area contributed by atoms with Gasteiger partial charge in [-0.25, -0.2) is 0 Å². The Morgan fingerprint density at radius 2 is 1.71 bits per heavy atom. The zero-order valence-electron chi connectivity index (χ0n) is 10.5. The zero-order chi connectivity index (χ0) is 11.7. The highest BCUT2D eigenvalue weighted by Gasteiger charge is 2.44. The van der Waals surface area contributed by atoms with E-state index < -0.39 is 0 Å². The lowest BCUT2D eigenvalue weighted by Gasteiger charge is -2.27. The van der Waals surface area contributed by atoms with Crippen molar-refractivity contribution >= 4 is 0 Å². The van der Waals surface area contributed by atoms with Crippen molar-refractivity contribution in [3.8, 4) is 0 Å². The van der Waals surface area contributed by atoms with Gasteiger partial charge in [0.1, 0.15) is 0 Å². The van der Waals surface area contributed by atoms with E-state index in [0.717, 1.165) is 17.8 Å². The highest BCUT2D eigenvalue weighted by atomic mass is 14.7. The van der Waals surface area contributed by atoms with Crippen molar-refractivity contribution in [1.29, 1.82) is 0 Å². The van der Waals surface area contributed by atoms with Crippen LogP contribution in [-0.2, 0) is 0 Å². The van der Waals surface area contributed by atoms with E-state index in [1.165, 1.54) is 44.1 Å². The molecule has 1 nitrogen and oxygen atoms in total. The molecule has 0 aliphatic heterocycles. The van der Waals surface area contributed by atoms with Gasteiger partial charge in [-0.1, -0.05) is 49.6 Å². The Balaban J connectivity index is 1.60. The van der Waals surface area contributed by atoms with E-state index in [2.05, 4.69) is 30.3 Å². The van der Waals surface area contributed by atoms with E-state index in [9.17, 15) is 0 Å². The van der Waals surface area contributed by atoms with Crippen LogP contribution in [0, 0.1) is 11.8 Å². The molecule has 2 N–H and O–H groups in total. The van der Waals surface area contributed by atoms with Crippen molar-refractivity contribution in [3.05, 3.63) is 35.9 Å². The molecule has 1 aromatic carbocycles. The normalized spacial score (nSPS) is 31.1. The lowest BCUT2D eigenvalue weighted by Crippen LogP contribution is -2.34. The number of benzene rings is 1. The minimum atomic E-state index is 0.459. The molecular weight excluding hydrogens is 206 g/mol. The first-order chi connectivity index (χ1) is 8.36. The fraction of sp³-hybridized carbons (Fsp3) is 0.625. The van der Waals surface area contributed by atoms with Crippen LogP contribution in [0.2, 0.25) is 0 Å². The van der Waals surface area contributed by atoms with E-state index in [0.29, 0.717) is 6.04 Å². The van der Waals surface area contributed by atoms with Crippen LogP contribution in [0.1, 0.15) is 50.0 Å². The van der Waals surface area contributed by atoms with Crippen LogP contribution < -0.4 is 5.73 Å². The van der Waals surface area contributed by atoms with Gasteiger partial charge in [-0.15, -0.1) is 0 Å². The van der Waals surface area contributed by atoms with Crippen LogP contribution in [0.3, 0.4) is 0 Å². The average Bonchev–Trinajstić information content (AvgIpc) is 3.20. The molecule has 0 aromatic heterocycles. The first-order valence-corrected chi connectivity index (χ1v) is 7.17. The van der Waals surface area contributed by atoms with Crippen molar-refractivity contribution in [2.45, 2.75) is 50.5 Å². The molecular formula is C16H23N. The highest BCUT2D eigenvalue weighted by Crippen LogP contribution is 2.51. The van der Waals surface area contributed by atoms with E-state index in [4.69, 9.17) is 5.73 Å². The minimum Gasteiger partial charge on any atom is -0.327 e. The molecule has 17 heavy (non-hydrogen) atoms. The van der Waals surface area contributed by atoms with Gasteiger partial charge in [-0.05, 0) is 42.6 Å². The van der Waals surface area contributed by atoms with Gasteiger partial charge in [0.15, 0.2) is 0 Å². The summed E-state index contributed by atoms with van der Waals surface area (Å²) in [7, 11) is 0. The van der Waals surface area contributed by atoms with Crippen molar-refractivity contribution in [2.24, 2.45) is 17.6 Å². The number of hydrogen-bond acceptors (Lipinski definition) is 1. The number of rotatable bonds is 3. The minimum absolute atomic E-state index is 0.459. The van der Waals surface area contributed by atoms with Crippen LogP contribution in [-0.4, -0.2) is 6.04 Å². The average molecular weight is 229 g/mol. The molecule has 1 aromatic rings. The predicted octanol–water partition coefficient (Wildman–Crippen LogP) is 3.70. The van der Waals surface area contributed by atoms with Gasteiger partial charge >= 0.3 is 0 Å². The summed E-state index contributed by atoms with van der Waals surface area (Å²) in [6.45, 7) is 0. The first kappa shape index (κ1) is 11.3. The fourth-order valence-corrected chi connectivity index (χ4v) is 3.59. The Labute approximate surface area is 104 Å². The van der Waals surface area contributed by atoms with Gasteiger partial charge in [0.2, 0.25) is 0 Å². The Hall–Kier alpha value is -0.820. The second-order valence-corrected chi connectivity index (χ2v) is 5.89. The Kier molecular flexibility index (Phi) is 3.19. The smallest absolute Gasteiger partial charge is 0.0102 e. The molecule has 3 rings (SSSR count). The number of nitrogens with two attached hydrogens (primary N) is 1. The lowest BCUT2D eigenvalue weighted by molar-refractivity contribution is 0.283. The summed E-state index contributed by atoms with van der Waals surface area (Å²) in [4.78, 5) is 0. The third-order valence-electron chi connectivity index (χ3n) is 4.76. The number of hydrogen-bond donors (Lipinski definition) is 1. The Morgan fingerprint density at radius 1 is 1.00 bits per heavy atom. The summed E-state index contributed by atoms with van der Waals surface area (Å²) < 4.78 is 0. The van der Waals surface area contributed by atoms with E-state index in [-0.39, 0.29) is 0 Å². The van der Waals surface area contributed by atoms with Gasteiger partial charge in [-0.3, -0.25) is 0 Å². The molecule has 1 heteroatoms. The molecule has 2 aliphatic rings. The summed E-state index contributed by atoms with van der Waals surface area (Å²) >= 11 is 0. The van der Waals surface area contributed by atoms with Gasteiger partial charge < -0.3 is 5.73 Å². The molecule has 92 valence electrons. The fourth-order valence-electron chi connectivity index (χ4n) is 3.59. The van der Waals surface area contributed by atoms with Gasteiger partial charge in [-0.2, -0.15) is 0 Å². The molecule has 0 heterocycles. The van der Waals surface area contributed by atoms with E-state index >= 15 is 0 Å². The van der Waals surface area contributed by atoms with Crippen molar-refractivity contribution in [2.75, 3.05) is 0 Å². The standard InChI is InChI=1S/C16H23N/c17-16(13-9-5-2-6-10-13)15-11-14(15)12-7-3-1-4-8-12/h1,3-4,7-8,13-16H,2,5-6,9-11,17H2. The SMILES string of the molecule is NC(C1CCCCC1)C1CC1c1ccccc1. The molecule has 2 aliphatic carbocycles. The second kappa shape index (κ2) is 4.81. The zero-order valence-corrected chi connectivity index (χ0v) is 10.5. The summed E-state index contributed by atoms with van der Waals surface area (Å²) in [5, 5.41) is 0. The van der Waals surface area contributed by atoms with Crippen LogP contribution in [0.5, 0.6) is 0 Å². The van der Waals surface area contributed by atoms with E-state index in [1.54, 1.807) is 0 Å². The van der Waals surface area contributed by atoms with Crippen molar-refractivity contribution in [3.63, 3.8) is 0 Å². The predicted molar refractivity (Wildman–Crippen MR) is 71.8 cm³/mol. The van der Waals surface area contributed by atoms with Crippen molar-refractivity contribution < 1.29 is 0 Å². The van der Waals surface area contributed by atoms with Crippen LogP contribution >= 0.6 is 0 Å². The Morgan fingerprint density at radius 3 is 2.41 bits per heavy atom. The second-order valence-electron chi connectivity index (χ2n) is 5.89. The molecule has 0 saturated heterocycles. The lowest BCUT2D eigenvalue weighted by atomic mass is 9.82. The van der Waals surface area contributed by atoms with Gasteiger partial charge in [0.05, 0.1) is 0 Å². The molecule has 0 amide bonds. The van der Waals surface area contributed by atoms with Crippen LogP contribution in [0.4, 0.5) is 0 Å². The summed E-state index contributed by atoms with van der Waals surface area (Å²) in [5.74, 6) is 2.33. The van der Waals surface area contributed by atoms with Crippen LogP contribution in [0.15, 0.2) is 30.3 Å². The molecule has 0 bridgehead atoms. The third-order valence-corrected chi connectivity index (χ3v) is 4.76. The molecule has 3 unspecified atom stereocenters. The molecule has 0 spiro atoms. The quantitative estimate of drug-likeness (QED) is 0.840. The topological polar surface area (TPSA) is 26.0 Å². The van der Waals surface area contributed by atoms with Crippen molar-refractivity contribution in [1.82, 2.24) is 0 Å². The van der Waals surface area contributed by atoms with Gasteiger partial charge in [0.25, 0.3) is 0 Å². The van der Waals surface area contributed by atoms with Crippen LogP contribution in [0.25, 0.3) is 0 Å². The third kappa shape index (κ3) is 2.40. The maximum absolute atomic E-state index is 6.48. The molecule has 2 saturated carbocycles.